The van der Waals surface area contributed by atoms with E-state index in [9.17, 15) is 0 Å². The number of hydrogen-bond acceptors (Lipinski definition) is 2. The Morgan fingerprint density at radius 3 is 2.28 bits per heavy atom. The molecule has 1 N–H and O–H groups in total. The third-order valence-corrected chi connectivity index (χ3v) is 5.18. The van der Waals surface area contributed by atoms with Crippen LogP contribution in [0.5, 0.6) is 11.5 Å². The zero-order chi connectivity index (χ0) is 17.3. The van der Waals surface area contributed by atoms with Crippen LogP contribution in [0.1, 0.15) is 24.8 Å². The topological polar surface area (TPSA) is 22.9 Å². The highest BCUT2D eigenvalue weighted by atomic mass is 16.5. The van der Waals surface area contributed by atoms with Gasteiger partial charge in [-0.3, -0.25) is 0 Å². The molecule has 0 amide bonds. The summed E-state index contributed by atoms with van der Waals surface area (Å²) in [6.07, 6.45) is 5.06. The monoisotopic (exact) mass is 340 g/mol. The van der Waals surface area contributed by atoms with Gasteiger partial charge in [-0.1, -0.05) is 30.3 Å². The highest BCUT2D eigenvalue weighted by Gasteiger charge is 2.21. The molecule has 3 nitrogen and oxygen atoms in total. The van der Waals surface area contributed by atoms with Crippen LogP contribution in [-0.2, 0) is 6.42 Å². The van der Waals surface area contributed by atoms with Gasteiger partial charge in [-0.15, -0.1) is 0 Å². The van der Waals surface area contributed by atoms with E-state index in [1.165, 1.54) is 44.5 Å². The highest BCUT2D eigenvalue weighted by molar-refractivity contribution is 5.31. The lowest BCUT2D eigenvalue weighted by molar-refractivity contribution is -0.906. The molecule has 1 saturated heterocycles. The molecule has 0 bridgehead atoms. The van der Waals surface area contributed by atoms with Crippen molar-refractivity contribution in [1.82, 2.24) is 0 Å². The number of piperidine rings is 1. The molecule has 1 aliphatic heterocycles. The molecule has 2 aromatic carbocycles. The summed E-state index contributed by atoms with van der Waals surface area (Å²) in [5.41, 5.74) is 1.49. The van der Waals surface area contributed by atoms with Crippen molar-refractivity contribution < 1.29 is 14.4 Å². The van der Waals surface area contributed by atoms with Crippen LogP contribution in [0.25, 0.3) is 0 Å². The first-order valence-electron chi connectivity index (χ1n) is 9.48. The summed E-state index contributed by atoms with van der Waals surface area (Å²) in [7, 11) is 1.68. The van der Waals surface area contributed by atoms with Crippen LogP contribution in [0, 0.1) is 5.92 Å². The number of benzene rings is 2. The van der Waals surface area contributed by atoms with Gasteiger partial charge in [-0.2, -0.15) is 0 Å². The predicted molar refractivity (Wildman–Crippen MR) is 102 cm³/mol. The van der Waals surface area contributed by atoms with Crippen molar-refractivity contribution in [3.8, 4) is 11.5 Å². The molecule has 3 rings (SSSR count). The quantitative estimate of drug-likeness (QED) is 0.747. The van der Waals surface area contributed by atoms with Gasteiger partial charge in [-0.25, -0.2) is 0 Å². The Labute approximate surface area is 151 Å². The Balaban J connectivity index is 1.30. The minimum Gasteiger partial charge on any atom is -0.497 e. The number of hydrogen-bond donors (Lipinski definition) is 1. The molecule has 0 aromatic heterocycles. The lowest BCUT2D eigenvalue weighted by atomic mass is 9.90. The molecule has 1 heterocycles. The summed E-state index contributed by atoms with van der Waals surface area (Å²) in [5.74, 6) is 2.66. The van der Waals surface area contributed by atoms with E-state index >= 15 is 0 Å². The third kappa shape index (κ3) is 5.79. The Kier molecular flexibility index (Phi) is 6.75. The van der Waals surface area contributed by atoms with Crippen molar-refractivity contribution >= 4 is 0 Å². The van der Waals surface area contributed by atoms with Crippen molar-refractivity contribution in [1.29, 1.82) is 0 Å². The average molecular weight is 340 g/mol. The van der Waals surface area contributed by atoms with Crippen molar-refractivity contribution in [3.63, 3.8) is 0 Å². The van der Waals surface area contributed by atoms with Crippen LogP contribution in [0.4, 0.5) is 0 Å². The lowest BCUT2D eigenvalue weighted by Crippen LogP contribution is -3.13. The SMILES string of the molecule is COc1ccc(OCCC[NH+]2CCC(Cc3ccccc3)CC2)cc1. The molecule has 2 aromatic rings. The molecule has 0 spiro atoms. The molecule has 0 saturated carbocycles. The molecule has 0 atom stereocenters. The van der Waals surface area contributed by atoms with Gasteiger partial charge in [0, 0.05) is 6.42 Å². The van der Waals surface area contributed by atoms with Crippen molar-refractivity contribution in [3.05, 3.63) is 60.2 Å². The molecule has 3 heteroatoms. The molecule has 0 radical (unpaired) electrons. The predicted octanol–water partition coefficient (Wildman–Crippen LogP) is 3.00. The van der Waals surface area contributed by atoms with E-state index in [1.54, 1.807) is 12.0 Å². The van der Waals surface area contributed by atoms with Gasteiger partial charge in [0.05, 0.1) is 33.4 Å². The second kappa shape index (κ2) is 9.47. The van der Waals surface area contributed by atoms with E-state index < -0.39 is 0 Å². The van der Waals surface area contributed by atoms with Crippen molar-refractivity contribution in [2.75, 3.05) is 33.4 Å². The molecule has 134 valence electrons. The lowest BCUT2D eigenvalue weighted by Gasteiger charge is -2.29. The molecule has 25 heavy (non-hydrogen) atoms. The second-order valence-corrected chi connectivity index (χ2v) is 7.01. The van der Waals surface area contributed by atoms with Crippen LogP contribution < -0.4 is 14.4 Å². The third-order valence-electron chi connectivity index (χ3n) is 5.18. The summed E-state index contributed by atoms with van der Waals surface area (Å²) < 4.78 is 11.0. The minimum absolute atomic E-state index is 0.795. The van der Waals surface area contributed by atoms with Crippen molar-refractivity contribution in [2.24, 2.45) is 5.92 Å². The van der Waals surface area contributed by atoms with E-state index in [4.69, 9.17) is 9.47 Å². The summed E-state index contributed by atoms with van der Waals surface area (Å²) in [6.45, 7) is 4.62. The number of nitrogens with one attached hydrogen (secondary N) is 1. The van der Waals surface area contributed by atoms with Gasteiger partial charge in [0.25, 0.3) is 0 Å². The molecule has 1 aliphatic rings. The van der Waals surface area contributed by atoms with Crippen molar-refractivity contribution in [2.45, 2.75) is 25.7 Å². The highest BCUT2D eigenvalue weighted by Crippen LogP contribution is 2.17. The van der Waals surface area contributed by atoms with E-state index in [-0.39, 0.29) is 0 Å². The number of likely N-dealkylation sites (tertiary alicyclic amines) is 1. The average Bonchev–Trinajstić information content (AvgIpc) is 2.68. The minimum atomic E-state index is 0.795. The Bertz CT molecular complexity index is 604. The van der Waals surface area contributed by atoms with E-state index in [0.717, 1.165) is 30.4 Å². The smallest absolute Gasteiger partial charge is 0.119 e. The summed E-state index contributed by atoms with van der Waals surface area (Å²) in [5, 5.41) is 0. The first-order valence-corrected chi connectivity index (χ1v) is 9.48. The maximum absolute atomic E-state index is 5.83. The van der Waals surface area contributed by atoms with Gasteiger partial charge in [0.1, 0.15) is 11.5 Å². The largest absolute Gasteiger partial charge is 0.497 e. The normalized spacial score (nSPS) is 20.2. The van der Waals surface area contributed by atoms with Crippen LogP contribution in [-0.4, -0.2) is 33.4 Å². The standard InChI is InChI=1S/C22H29NO2/c1-24-21-8-10-22(11-9-21)25-17-5-14-23-15-12-20(13-16-23)18-19-6-3-2-4-7-19/h2-4,6-11,20H,5,12-18H2,1H3/p+1. The maximum Gasteiger partial charge on any atom is 0.119 e. The first kappa shape index (κ1) is 17.8. The van der Waals surface area contributed by atoms with Crippen LogP contribution >= 0.6 is 0 Å². The number of quaternary nitrogens is 1. The van der Waals surface area contributed by atoms with E-state index in [2.05, 4.69) is 30.3 Å². The Morgan fingerprint density at radius 1 is 0.920 bits per heavy atom. The van der Waals surface area contributed by atoms with E-state index in [1.807, 2.05) is 24.3 Å². The summed E-state index contributed by atoms with van der Waals surface area (Å²) in [6, 6.07) is 18.8. The molecule has 0 aliphatic carbocycles. The van der Waals surface area contributed by atoms with Crippen LogP contribution in [0.2, 0.25) is 0 Å². The van der Waals surface area contributed by atoms with Gasteiger partial charge in [-0.05, 0) is 55.0 Å². The number of methoxy groups -OCH3 is 1. The fourth-order valence-corrected chi connectivity index (χ4v) is 3.67. The number of rotatable bonds is 8. The fourth-order valence-electron chi connectivity index (χ4n) is 3.67. The first-order chi connectivity index (χ1) is 12.3. The van der Waals surface area contributed by atoms with E-state index in [0.29, 0.717) is 0 Å². The van der Waals surface area contributed by atoms with Gasteiger partial charge in [0.2, 0.25) is 0 Å². The van der Waals surface area contributed by atoms with Crippen LogP contribution in [0.15, 0.2) is 54.6 Å². The Morgan fingerprint density at radius 2 is 1.60 bits per heavy atom. The van der Waals surface area contributed by atoms with Gasteiger partial charge < -0.3 is 14.4 Å². The second-order valence-electron chi connectivity index (χ2n) is 7.01. The van der Waals surface area contributed by atoms with Crippen LogP contribution in [0.3, 0.4) is 0 Å². The zero-order valence-electron chi connectivity index (χ0n) is 15.2. The van der Waals surface area contributed by atoms with Gasteiger partial charge >= 0.3 is 0 Å². The fraction of sp³-hybridized carbons (Fsp3) is 0.455. The molecule has 0 unspecified atom stereocenters. The summed E-state index contributed by atoms with van der Waals surface area (Å²) >= 11 is 0. The Hall–Kier alpha value is -2.00. The molecule has 1 fully saturated rings. The van der Waals surface area contributed by atoms with Gasteiger partial charge in [0.15, 0.2) is 0 Å². The molecular weight excluding hydrogens is 310 g/mol. The summed E-state index contributed by atoms with van der Waals surface area (Å²) in [4.78, 5) is 1.74. The number of ether oxygens (including phenoxy) is 2. The maximum atomic E-state index is 5.83. The molecular formula is C22H30NO2+. The zero-order valence-corrected chi connectivity index (χ0v) is 15.2.